The lowest BCUT2D eigenvalue weighted by atomic mass is 10.2. The van der Waals surface area contributed by atoms with Crippen LogP contribution in [0, 0.1) is 3.57 Å². The van der Waals surface area contributed by atoms with Gasteiger partial charge in [-0.05, 0) is 47.7 Å². The van der Waals surface area contributed by atoms with E-state index >= 15 is 0 Å². The average Bonchev–Trinajstić information content (AvgIpc) is 3.03. The maximum Gasteiger partial charge on any atom is 0.203 e. The molecule has 1 N–H and O–H groups in total. The molecule has 0 spiro atoms. The number of pyridine rings is 1. The van der Waals surface area contributed by atoms with Crippen LogP contribution in [0.3, 0.4) is 0 Å². The fraction of sp³-hybridized carbons (Fsp3) is 0.0625. The van der Waals surface area contributed by atoms with Crippen molar-refractivity contribution in [1.82, 2.24) is 9.97 Å². The molecule has 0 saturated carbocycles. The van der Waals surface area contributed by atoms with E-state index in [9.17, 15) is 0 Å². The molecule has 0 saturated heterocycles. The number of hydrazone groups is 1. The zero-order valence-corrected chi connectivity index (χ0v) is 14.8. The first kappa shape index (κ1) is 15.1. The van der Waals surface area contributed by atoms with Crippen LogP contribution in [-0.2, 0) is 0 Å². The molecule has 0 fully saturated rings. The number of nitrogens with zero attached hydrogens (tertiary/aromatic N) is 3. The Morgan fingerprint density at radius 1 is 1.23 bits per heavy atom. The van der Waals surface area contributed by atoms with E-state index in [1.807, 2.05) is 24.4 Å². The van der Waals surface area contributed by atoms with Crippen LogP contribution in [0.1, 0.15) is 12.5 Å². The van der Waals surface area contributed by atoms with Crippen LogP contribution in [0.2, 0.25) is 0 Å². The van der Waals surface area contributed by atoms with E-state index in [1.54, 1.807) is 12.4 Å². The molecule has 1 aromatic carbocycles. The molecule has 110 valence electrons. The van der Waals surface area contributed by atoms with E-state index < -0.39 is 0 Å². The van der Waals surface area contributed by atoms with Gasteiger partial charge in [0.25, 0.3) is 0 Å². The van der Waals surface area contributed by atoms with Gasteiger partial charge in [-0.25, -0.2) is 4.98 Å². The van der Waals surface area contributed by atoms with Gasteiger partial charge < -0.3 is 0 Å². The van der Waals surface area contributed by atoms with Crippen LogP contribution in [0.25, 0.3) is 11.3 Å². The first-order valence-corrected chi connectivity index (χ1v) is 8.60. The predicted molar refractivity (Wildman–Crippen MR) is 100 cm³/mol. The standard InChI is InChI=1S/C16H13IN4S/c1-11(13-3-2-8-18-9-13)20-21-16-19-15(10-22-16)12-4-6-14(17)7-5-12/h2-10H,1H3,(H,19,21)/b20-11+. The summed E-state index contributed by atoms with van der Waals surface area (Å²) >= 11 is 3.83. The second kappa shape index (κ2) is 6.97. The van der Waals surface area contributed by atoms with Crippen molar-refractivity contribution >= 4 is 44.8 Å². The summed E-state index contributed by atoms with van der Waals surface area (Å²) in [6.07, 6.45) is 3.54. The van der Waals surface area contributed by atoms with Crippen molar-refractivity contribution in [3.05, 3.63) is 63.3 Å². The first-order chi connectivity index (χ1) is 10.7. The topological polar surface area (TPSA) is 50.2 Å². The van der Waals surface area contributed by atoms with Crippen molar-refractivity contribution in [1.29, 1.82) is 0 Å². The summed E-state index contributed by atoms with van der Waals surface area (Å²) in [5.74, 6) is 0. The van der Waals surface area contributed by atoms with Gasteiger partial charge in [-0.1, -0.05) is 18.2 Å². The van der Waals surface area contributed by atoms with Crippen molar-refractivity contribution in [3.63, 3.8) is 0 Å². The lowest BCUT2D eigenvalue weighted by Crippen LogP contribution is -1.99. The lowest BCUT2D eigenvalue weighted by Gasteiger charge is -2.00. The second-order valence-corrected chi connectivity index (χ2v) is 6.70. The third-order valence-corrected chi connectivity index (χ3v) is 4.51. The molecule has 0 radical (unpaired) electrons. The molecule has 0 atom stereocenters. The Kier molecular flexibility index (Phi) is 4.79. The van der Waals surface area contributed by atoms with Gasteiger partial charge in [-0.2, -0.15) is 5.10 Å². The summed E-state index contributed by atoms with van der Waals surface area (Å²) < 4.78 is 1.21. The average molecular weight is 420 g/mol. The maximum absolute atomic E-state index is 4.56. The Hall–Kier alpha value is -1.80. The third-order valence-electron chi connectivity index (χ3n) is 3.04. The van der Waals surface area contributed by atoms with E-state index in [4.69, 9.17) is 0 Å². The van der Waals surface area contributed by atoms with Crippen molar-refractivity contribution < 1.29 is 0 Å². The second-order valence-electron chi connectivity index (χ2n) is 4.60. The normalized spacial score (nSPS) is 11.5. The Balaban J connectivity index is 1.73. The van der Waals surface area contributed by atoms with E-state index in [0.717, 1.165) is 27.7 Å². The fourth-order valence-electron chi connectivity index (χ4n) is 1.85. The number of rotatable bonds is 4. The zero-order chi connectivity index (χ0) is 15.4. The monoisotopic (exact) mass is 420 g/mol. The van der Waals surface area contributed by atoms with Gasteiger partial charge in [0, 0.05) is 32.5 Å². The zero-order valence-electron chi connectivity index (χ0n) is 11.8. The minimum atomic E-state index is 0.775. The van der Waals surface area contributed by atoms with Gasteiger partial charge in [0.05, 0.1) is 11.4 Å². The quantitative estimate of drug-likeness (QED) is 0.380. The number of anilines is 1. The molecule has 0 bridgehead atoms. The fourth-order valence-corrected chi connectivity index (χ4v) is 2.87. The highest BCUT2D eigenvalue weighted by Gasteiger charge is 2.04. The molecule has 6 heteroatoms. The summed E-state index contributed by atoms with van der Waals surface area (Å²) in [6, 6.07) is 12.2. The van der Waals surface area contributed by atoms with Gasteiger partial charge in [-0.3, -0.25) is 10.4 Å². The van der Waals surface area contributed by atoms with Gasteiger partial charge in [0.15, 0.2) is 0 Å². The molecule has 0 amide bonds. The molecule has 2 aromatic heterocycles. The van der Waals surface area contributed by atoms with Crippen molar-refractivity contribution in [2.24, 2.45) is 5.10 Å². The number of nitrogens with one attached hydrogen (secondary N) is 1. The molecule has 0 unspecified atom stereocenters. The van der Waals surface area contributed by atoms with Crippen molar-refractivity contribution in [3.8, 4) is 11.3 Å². The molecular weight excluding hydrogens is 407 g/mol. The molecule has 3 rings (SSSR count). The summed E-state index contributed by atoms with van der Waals surface area (Å²) in [7, 11) is 0. The van der Waals surface area contributed by atoms with Crippen LogP contribution in [0.4, 0.5) is 5.13 Å². The molecule has 4 nitrogen and oxygen atoms in total. The van der Waals surface area contributed by atoms with Crippen LogP contribution in [-0.4, -0.2) is 15.7 Å². The number of hydrogen-bond donors (Lipinski definition) is 1. The van der Waals surface area contributed by atoms with Crippen molar-refractivity contribution in [2.45, 2.75) is 6.92 Å². The number of halogens is 1. The van der Waals surface area contributed by atoms with Gasteiger partial charge >= 0.3 is 0 Å². The minimum Gasteiger partial charge on any atom is -0.264 e. The number of thiazole rings is 1. The molecule has 2 heterocycles. The highest BCUT2D eigenvalue weighted by Crippen LogP contribution is 2.25. The van der Waals surface area contributed by atoms with E-state index in [1.165, 1.54) is 14.9 Å². The van der Waals surface area contributed by atoms with Crippen LogP contribution in [0.5, 0.6) is 0 Å². The Labute approximate surface area is 146 Å². The molecule has 0 aliphatic carbocycles. The van der Waals surface area contributed by atoms with Gasteiger partial charge in [0.2, 0.25) is 5.13 Å². The maximum atomic E-state index is 4.56. The molecule has 0 aliphatic rings. The molecular formula is C16H13IN4S. The summed E-state index contributed by atoms with van der Waals surface area (Å²) in [5.41, 5.74) is 6.94. The number of aromatic nitrogens is 2. The number of benzene rings is 1. The van der Waals surface area contributed by atoms with E-state index in [2.05, 4.69) is 67.4 Å². The molecule has 22 heavy (non-hydrogen) atoms. The lowest BCUT2D eigenvalue weighted by molar-refractivity contribution is 1.26. The largest absolute Gasteiger partial charge is 0.264 e. The number of hydrogen-bond acceptors (Lipinski definition) is 5. The highest BCUT2D eigenvalue weighted by atomic mass is 127. The van der Waals surface area contributed by atoms with Crippen LogP contribution < -0.4 is 5.43 Å². The van der Waals surface area contributed by atoms with E-state index in [0.29, 0.717) is 0 Å². The highest BCUT2D eigenvalue weighted by molar-refractivity contribution is 14.1. The third kappa shape index (κ3) is 3.69. The van der Waals surface area contributed by atoms with Gasteiger partial charge in [-0.15, -0.1) is 11.3 Å². The Morgan fingerprint density at radius 2 is 2.05 bits per heavy atom. The molecule has 3 aromatic rings. The summed E-state index contributed by atoms with van der Waals surface area (Å²) in [4.78, 5) is 8.65. The van der Waals surface area contributed by atoms with Gasteiger partial charge in [0.1, 0.15) is 0 Å². The Morgan fingerprint density at radius 3 is 2.77 bits per heavy atom. The summed E-state index contributed by atoms with van der Waals surface area (Å²) in [5, 5.41) is 7.16. The smallest absolute Gasteiger partial charge is 0.203 e. The van der Waals surface area contributed by atoms with Crippen LogP contribution >= 0.6 is 33.9 Å². The summed E-state index contributed by atoms with van der Waals surface area (Å²) in [6.45, 7) is 1.94. The SMILES string of the molecule is C/C(=N\Nc1nc(-c2ccc(I)cc2)cs1)c1cccnc1. The van der Waals surface area contributed by atoms with Crippen LogP contribution in [0.15, 0.2) is 59.3 Å². The van der Waals surface area contributed by atoms with E-state index in [-0.39, 0.29) is 0 Å². The first-order valence-electron chi connectivity index (χ1n) is 6.64. The minimum absolute atomic E-state index is 0.775. The van der Waals surface area contributed by atoms with Crippen molar-refractivity contribution in [2.75, 3.05) is 5.43 Å². The Bertz CT molecular complexity index is 781. The molecule has 0 aliphatic heterocycles. The predicted octanol–water partition coefficient (Wildman–Crippen LogP) is 4.65.